The fourth-order valence-corrected chi connectivity index (χ4v) is 1.92. The molecule has 1 rings (SSSR count). The Balaban J connectivity index is 2.19. The van der Waals surface area contributed by atoms with Crippen molar-refractivity contribution >= 4 is 0 Å². The lowest BCUT2D eigenvalue weighted by atomic mass is 10.2. The second-order valence-corrected chi connectivity index (χ2v) is 4.03. The van der Waals surface area contributed by atoms with Crippen LogP contribution in [0.15, 0.2) is 12.7 Å². The van der Waals surface area contributed by atoms with Crippen LogP contribution in [0.3, 0.4) is 0 Å². The van der Waals surface area contributed by atoms with Gasteiger partial charge in [-0.25, -0.2) is 0 Å². The van der Waals surface area contributed by atoms with E-state index in [2.05, 4.69) is 18.4 Å². The van der Waals surface area contributed by atoms with Gasteiger partial charge in [-0.3, -0.25) is 4.90 Å². The predicted octanol–water partition coefficient (Wildman–Crippen LogP) is 1.69. The van der Waals surface area contributed by atoms with Crippen LogP contribution in [0, 0.1) is 0 Å². The van der Waals surface area contributed by atoms with E-state index >= 15 is 0 Å². The van der Waals surface area contributed by atoms with Gasteiger partial charge in [0.2, 0.25) is 0 Å². The molecule has 15 heavy (non-hydrogen) atoms. The molecule has 0 aromatic heterocycles. The summed E-state index contributed by atoms with van der Waals surface area (Å²) in [5.41, 5.74) is 0. The maximum atomic E-state index is 5.70. The summed E-state index contributed by atoms with van der Waals surface area (Å²) in [5, 5.41) is 0. The van der Waals surface area contributed by atoms with E-state index in [4.69, 9.17) is 9.47 Å². The van der Waals surface area contributed by atoms with E-state index in [-0.39, 0.29) is 6.10 Å². The third-order valence-electron chi connectivity index (χ3n) is 2.59. The normalized spacial score (nSPS) is 27.9. The van der Waals surface area contributed by atoms with Gasteiger partial charge in [-0.2, -0.15) is 0 Å². The molecule has 1 saturated heterocycles. The van der Waals surface area contributed by atoms with Gasteiger partial charge in [0, 0.05) is 32.8 Å². The van der Waals surface area contributed by atoms with Crippen LogP contribution in [0.1, 0.15) is 20.3 Å². The molecule has 1 fully saturated rings. The highest BCUT2D eigenvalue weighted by molar-refractivity contribution is 4.87. The molecule has 0 aromatic carbocycles. The van der Waals surface area contributed by atoms with E-state index < -0.39 is 0 Å². The van der Waals surface area contributed by atoms with Gasteiger partial charge < -0.3 is 9.47 Å². The zero-order valence-electron chi connectivity index (χ0n) is 9.95. The highest BCUT2D eigenvalue weighted by Crippen LogP contribution is 2.11. The second kappa shape index (κ2) is 6.99. The van der Waals surface area contributed by atoms with Crippen molar-refractivity contribution in [3.05, 3.63) is 12.7 Å². The van der Waals surface area contributed by atoms with Gasteiger partial charge in [-0.15, -0.1) is 6.58 Å². The minimum Gasteiger partial charge on any atom is -0.382 e. The number of nitrogens with zero attached hydrogens (tertiary/aromatic N) is 1. The molecule has 1 heterocycles. The van der Waals surface area contributed by atoms with Crippen LogP contribution in [-0.2, 0) is 9.47 Å². The standard InChI is InChI=1S/C12H23NO2/c1-4-12-10-13(9-11(3)15-12)7-6-8-14-5-2/h4,11-12H,1,5-10H2,2-3H3/t11-,12+/m1/s1. The molecule has 3 heteroatoms. The van der Waals surface area contributed by atoms with E-state index in [1.54, 1.807) is 0 Å². The molecule has 1 aliphatic rings. The molecule has 1 aliphatic heterocycles. The molecule has 0 spiro atoms. The molecule has 0 bridgehead atoms. The summed E-state index contributed by atoms with van der Waals surface area (Å²) in [6, 6.07) is 0. The Morgan fingerprint density at radius 1 is 1.53 bits per heavy atom. The minimum absolute atomic E-state index is 0.195. The number of hydrogen-bond donors (Lipinski definition) is 0. The monoisotopic (exact) mass is 213 g/mol. The van der Waals surface area contributed by atoms with Crippen molar-refractivity contribution in [3.8, 4) is 0 Å². The van der Waals surface area contributed by atoms with Crippen molar-refractivity contribution in [3.63, 3.8) is 0 Å². The molecular weight excluding hydrogens is 190 g/mol. The summed E-state index contributed by atoms with van der Waals surface area (Å²) in [6.07, 6.45) is 3.50. The first-order valence-electron chi connectivity index (χ1n) is 5.84. The second-order valence-electron chi connectivity index (χ2n) is 4.03. The van der Waals surface area contributed by atoms with Crippen LogP contribution in [0.5, 0.6) is 0 Å². The van der Waals surface area contributed by atoms with Crippen LogP contribution in [0.2, 0.25) is 0 Å². The maximum Gasteiger partial charge on any atom is 0.0884 e. The van der Waals surface area contributed by atoms with Crippen molar-refractivity contribution in [2.45, 2.75) is 32.5 Å². The topological polar surface area (TPSA) is 21.7 Å². The molecule has 0 aliphatic carbocycles. The molecular formula is C12H23NO2. The Labute approximate surface area is 93.0 Å². The molecule has 0 N–H and O–H groups in total. The Morgan fingerprint density at radius 2 is 2.33 bits per heavy atom. The molecule has 0 saturated carbocycles. The number of hydrogen-bond acceptors (Lipinski definition) is 3. The van der Waals surface area contributed by atoms with E-state index in [9.17, 15) is 0 Å². The first-order valence-corrected chi connectivity index (χ1v) is 5.84. The van der Waals surface area contributed by atoms with Gasteiger partial charge in [-0.05, 0) is 20.3 Å². The zero-order chi connectivity index (χ0) is 11.1. The zero-order valence-corrected chi connectivity index (χ0v) is 9.95. The van der Waals surface area contributed by atoms with Crippen molar-refractivity contribution in [2.24, 2.45) is 0 Å². The predicted molar refractivity (Wildman–Crippen MR) is 62.1 cm³/mol. The number of morpholine rings is 1. The van der Waals surface area contributed by atoms with E-state index in [1.165, 1.54) is 0 Å². The molecule has 0 aromatic rings. The summed E-state index contributed by atoms with van der Waals surface area (Å²) < 4.78 is 11.0. The van der Waals surface area contributed by atoms with Crippen LogP contribution in [0.4, 0.5) is 0 Å². The van der Waals surface area contributed by atoms with E-state index in [1.807, 2.05) is 13.0 Å². The number of rotatable bonds is 6. The van der Waals surface area contributed by atoms with E-state index in [0.29, 0.717) is 6.10 Å². The van der Waals surface area contributed by atoms with Gasteiger partial charge in [0.25, 0.3) is 0 Å². The lowest BCUT2D eigenvalue weighted by Gasteiger charge is -2.35. The third kappa shape index (κ3) is 4.78. The third-order valence-corrected chi connectivity index (χ3v) is 2.59. The fourth-order valence-electron chi connectivity index (χ4n) is 1.92. The Hall–Kier alpha value is -0.380. The van der Waals surface area contributed by atoms with Gasteiger partial charge in [0.15, 0.2) is 0 Å². The number of ether oxygens (including phenoxy) is 2. The Bertz CT molecular complexity index is 184. The van der Waals surface area contributed by atoms with Crippen LogP contribution < -0.4 is 0 Å². The molecule has 0 amide bonds. The maximum absolute atomic E-state index is 5.70. The Kier molecular flexibility index (Phi) is 5.91. The van der Waals surface area contributed by atoms with Gasteiger partial charge >= 0.3 is 0 Å². The van der Waals surface area contributed by atoms with Crippen molar-refractivity contribution in [1.82, 2.24) is 4.90 Å². The molecule has 3 nitrogen and oxygen atoms in total. The molecule has 0 unspecified atom stereocenters. The van der Waals surface area contributed by atoms with E-state index in [0.717, 1.165) is 39.3 Å². The van der Waals surface area contributed by atoms with Crippen LogP contribution >= 0.6 is 0 Å². The average molecular weight is 213 g/mol. The van der Waals surface area contributed by atoms with Crippen LogP contribution in [0.25, 0.3) is 0 Å². The lowest BCUT2D eigenvalue weighted by Crippen LogP contribution is -2.46. The van der Waals surface area contributed by atoms with Crippen molar-refractivity contribution < 1.29 is 9.47 Å². The first-order chi connectivity index (χ1) is 7.26. The highest BCUT2D eigenvalue weighted by atomic mass is 16.5. The first kappa shape index (κ1) is 12.7. The van der Waals surface area contributed by atoms with Gasteiger partial charge in [-0.1, -0.05) is 6.08 Å². The Morgan fingerprint density at radius 3 is 3.00 bits per heavy atom. The summed E-state index contributed by atoms with van der Waals surface area (Å²) in [5.74, 6) is 0. The van der Waals surface area contributed by atoms with Crippen LogP contribution in [-0.4, -0.2) is 50.0 Å². The molecule has 2 atom stereocenters. The average Bonchev–Trinajstić information content (AvgIpc) is 2.23. The summed E-state index contributed by atoms with van der Waals surface area (Å²) in [7, 11) is 0. The summed E-state index contributed by atoms with van der Waals surface area (Å²) in [6.45, 7) is 12.7. The quantitative estimate of drug-likeness (QED) is 0.495. The minimum atomic E-state index is 0.195. The van der Waals surface area contributed by atoms with Gasteiger partial charge in [0.1, 0.15) is 0 Å². The molecule has 88 valence electrons. The van der Waals surface area contributed by atoms with Crippen molar-refractivity contribution in [2.75, 3.05) is 32.8 Å². The summed E-state index contributed by atoms with van der Waals surface area (Å²) >= 11 is 0. The SMILES string of the molecule is C=C[C@H]1CN(CCCOCC)C[C@@H](C)O1. The highest BCUT2D eigenvalue weighted by Gasteiger charge is 2.22. The largest absolute Gasteiger partial charge is 0.382 e. The fraction of sp³-hybridized carbons (Fsp3) is 0.833. The molecule has 0 radical (unpaired) electrons. The summed E-state index contributed by atoms with van der Waals surface area (Å²) in [4.78, 5) is 2.43. The smallest absolute Gasteiger partial charge is 0.0884 e. The lowest BCUT2D eigenvalue weighted by molar-refractivity contribution is -0.0563. The van der Waals surface area contributed by atoms with Crippen molar-refractivity contribution in [1.29, 1.82) is 0 Å². The van der Waals surface area contributed by atoms with Gasteiger partial charge in [0.05, 0.1) is 12.2 Å².